The van der Waals surface area contributed by atoms with Crippen molar-refractivity contribution >= 4 is 34.2 Å². The lowest BCUT2D eigenvalue weighted by molar-refractivity contribution is -0.123. The summed E-state index contributed by atoms with van der Waals surface area (Å²) in [6.07, 6.45) is 0.120. The van der Waals surface area contributed by atoms with E-state index in [2.05, 4.69) is 20.6 Å². The van der Waals surface area contributed by atoms with Crippen molar-refractivity contribution < 1.29 is 9.59 Å². The van der Waals surface area contributed by atoms with Crippen LogP contribution in [0.25, 0.3) is 22.4 Å². The minimum Gasteiger partial charge on any atom is -0.338 e. The second-order valence-electron chi connectivity index (χ2n) is 7.53. The second kappa shape index (κ2) is 7.15. The average Bonchev–Trinajstić information content (AvgIpc) is 3.18. The van der Waals surface area contributed by atoms with Crippen molar-refractivity contribution in [2.75, 3.05) is 10.6 Å². The highest BCUT2D eigenvalue weighted by Gasteiger charge is 2.31. The fourth-order valence-corrected chi connectivity index (χ4v) is 3.91. The van der Waals surface area contributed by atoms with Crippen molar-refractivity contribution in [3.05, 3.63) is 77.9 Å². The van der Waals surface area contributed by atoms with E-state index in [9.17, 15) is 9.59 Å². The molecule has 1 aromatic heterocycles. The van der Waals surface area contributed by atoms with Crippen molar-refractivity contribution in [1.82, 2.24) is 9.97 Å². The van der Waals surface area contributed by atoms with Crippen LogP contribution in [0.15, 0.2) is 66.7 Å². The lowest BCUT2D eigenvalue weighted by Gasteiger charge is -2.25. The van der Waals surface area contributed by atoms with Gasteiger partial charge in [0.15, 0.2) is 0 Å². The van der Waals surface area contributed by atoms with Gasteiger partial charge in [0.25, 0.3) is 0 Å². The highest BCUT2D eigenvalue weighted by molar-refractivity contribution is 6.06. The van der Waals surface area contributed by atoms with Gasteiger partial charge in [-0.1, -0.05) is 42.0 Å². The van der Waals surface area contributed by atoms with E-state index in [-0.39, 0.29) is 18.2 Å². The zero-order chi connectivity index (χ0) is 20.7. The van der Waals surface area contributed by atoms with Gasteiger partial charge >= 0.3 is 0 Å². The number of nitrogens with zero attached hydrogens (tertiary/aromatic N) is 1. The number of nitrogens with one attached hydrogen (secondary N) is 3. The first kappa shape index (κ1) is 18.1. The third kappa shape index (κ3) is 3.22. The number of H-pyrrole nitrogens is 1. The van der Waals surface area contributed by atoms with E-state index < -0.39 is 5.92 Å². The highest BCUT2D eigenvalue weighted by Crippen LogP contribution is 2.34. The molecule has 5 rings (SSSR count). The maximum Gasteiger partial charge on any atom is 0.232 e. The van der Waals surface area contributed by atoms with Crippen LogP contribution in [0.1, 0.15) is 23.5 Å². The molecule has 6 nitrogen and oxygen atoms in total. The zero-order valence-corrected chi connectivity index (χ0v) is 16.4. The molecule has 0 aliphatic carbocycles. The first-order chi connectivity index (χ1) is 14.6. The lowest BCUT2D eigenvalue weighted by atomic mass is 9.89. The van der Waals surface area contributed by atoms with Crippen molar-refractivity contribution in [3.8, 4) is 11.4 Å². The Labute approximate surface area is 173 Å². The molecule has 3 aromatic carbocycles. The molecule has 4 aromatic rings. The van der Waals surface area contributed by atoms with Crippen LogP contribution >= 0.6 is 0 Å². The van der Waals surface area contributed by atoms with Gasteiger partial charge in [0.05, 0.1) is 22.6 Å². The van der Waals surface area contributed by atoms with E-state index in [0.29, 0.717) is 17.2 Å². The monoisotopic (exact) mass is 396 g/mol. The molecule has 0 saturated heterocycles. The average molecular weight is 396 g/mol. The Morgan fingerprint density at radius 3 is 2.73 bits per heavy atom. The van der Waals surface area contributed by atoms with E-state index in [1.165, 1.54) is 0 Å². The third-order valence-corrected chi connectivity index (χ3v) is 5.39. The van der Waals surface area contributed by atoms with Crippen LogP contribution in [0.5, 0.6) is 0 Å². The van der Waals surface area contributed by atoms with Gasteiger partial charge in [-0.15, -0.1) is 0 Å². The van der Waals surface area contributed by atoms with Crippen LogP contribution in [0.2, 0.25) is 0 Å². The van der Waals surface area contributed by atoms with Crippen molar-refractivity contribution in [2.45, 2.75) is 19.3 Å². The summed E-state index contributed by atoms with van der Waals surface area (Å²) in [6, 6.07) is 21.1. The van der Waals surface area contributed by atoms with Crippen molar-refractivity contribution in [3.63, 3.8) is 0 Å². The number of carbonyl (C=O) groups excluding carboxylic acids is 2. The summed E-state index contributed by atoms with van der Waals surface area (Å²) in [5, 5.41) is 5.87. The van der Waals surface area contributed by atoms with Gasteiger partial charge < -0.3 is 15.6 Å². The number of fused-ring (bicyclic) bond motifs is 2. The molecule has 0 spiro atoms. The Hall–Kier alpha value is -3.93. The molecule has 6 heteroatoms. The molecule has 1 aliphatic rings. The Kier molecular flexibility index (Phi) is 4.32. The molecule has 0 fully saturated rings. The highest BCUT2D eigenvalue weighted by atomic mass is 16.2. The predicted molar refractivity (Wildman–Crippen MR) is 117 cm³/mol. The smallest absolute Gasteiger partial charge is 0.232 e. The summed E-state index contributed by atoms with van der Waals surface area (Å²) in [6.45, 7) is 2.00. The maximum absolute atomic E-state index is 13.2. The number of carbonyl (C=O) groups is 2. The van der Waals surface area contributed by atoms with E-state index in [0.717, 1.165) is 27.7 Å². The Morgan fingerprint density at radius 2 is 1.87 bits per heavy atom. The Balaban J connectivity index is 1.51. The molecule has 1 unspecified atom stereocenters. The Bertz CT molecular complexity index is 1260. The molecule has 1 atom stereocenters. The summed E-state index contributed by atoms with van der Waals surface area (Å²) < 4.78 is 0. The summed E-state index contributed by atoms with van der Waals surface area (Å²) >= 11 is 0. The number of anilines is 2. The number of aryl methyl sites for hydroxylation is 1. The van der Waals surface area contributed by atoms with Crippen LogP contribution in [-0.2, 0) is 9.59 Å². The Morgan fingerprint density at radius 1 is 1.07 bits per heavy atom. The van der Waals surface area contributed by atoms with E-state index in [1.54, 1.807) is 0 Å². The fourth-order valence-electron chi connectivity index (χ4n) is 3.91. The molecule has 3 N–H and O–H groups in total. The van der Waals surface area contributed by atoms with Crippen LogP contribution < -0.4 is 10.6 Å². The standard InChI is InChI=1S/C24H20N4O2/c1-14-10-11-19(17(12-14)23-26-20-8-4-5-9-21(20)27-23)28-24(30)16-13-22(29)25-18-7-3-2-6-15(16)18/h2-12,16H,13H2,1H3,(H,25,29)(H,26,27)(H,28,30). The van der Waals surface area contributed by atoms with Gasteiger partial charge in [-0.3, -0.25) is 9.59 Å². The number of amides is 2. The molecule has 2 amide bonds. The minimum atomic E-state index is -0.542. The molecule has 30 heavy (non-hydrogen) atoms. The normalized spacial score (nSPS) is 15.5. The number of aromatic amines is 1. The number of aromatic nitrogens is 2. The molecule has 2 heterocycles. The van der Waals surface area contributed by atoms with E-state index in [4.69, 9.17) is 0 Å². The largest absolute Gasteiger partial charge is 0.338 e. The third-order valence-electron chi connectivity index (χ3n) is 5.39. The quantitative estimate of drug-likeness (QED) is 0.473. The maximum atomic E-state index is 13.2. The minimum absolute atomic E-state index is 0.120. The molecule has 0 radical (unpaired) electrons. The summed E-state index contributed by atoms with van der Waals surface area (Å²) in [4.78, 5) is 33.3. The van der Waals surface area contributed by atoms with Gasteiger partial charge in [-0.2, -0.15) is 0 Å². The first-order valence-corrected chi connectivity index (χ1v) is 9.84. The molecular formula is C24H20N4O2. The van der Waals surface area contributed by atoms with Crippen molar-refractivity contribution in [2.24, 2.45) is 0 Å². The molecule has 1 aliphatic heterocycles. The molecule has 148 valence electrons. The van der Waals surface area contributed by atoms with Gasteiger partial charge in [-0.25, -0.2) is 4.98 Å². The SMILES string of the molecule is Cc1ccc(NC(=O)C2CC(=O)Nc3ccccc32)c(-c2nc3ccccc3[nH]2)c1. The second-order valence-corrected chi connectivity index (χ2v) is 7.53. The number of hydrogen-bond acceptors (Lipinski definition) is 3. The van der Waals surface area contributed by atoms with Crippen LogP contribution in [0, 0.1) is 6.92 Å². The summed E-state index contributed by atoms with van der Waals surface area (Å²) in [7, 11) is 0. The van der Waals surface area contributed by atoms with Crippen molar-refractivity contribution in [1.29, 1.82) is 0 Å². The van der Waals surface area contributed by atoms with Crippen LogP contribution in [-0.4, -0.2) is 21.8 Å². The fraction of sp³-hybridized carbons (Fsp3) is 0.125. The summed E-state index contributed by atoms with van der Waals surface area (Å²) in [5.41, 5.74) is 5.85. The van der Waals surface area contributed by atoms with Gasteiger partial charge in [0.1, 0.15) is 5.82 Å². The summed E-state index contributed by atoms with van der Waals surface area (Å²) in [5.74, 6) is -0.217. The van der Waals surface area contributed by atoms with E-state index >= 15 is 0 Å². The molecule has 0 saturated carbocycles. The zero-order valence-electron chi connectivity index (χ0n) is 16.4. The number of rotatable bonds is 3. The molecule has 0 bridgehead atoms. The number of para-hydroxylation sites is 3. The van der Waals surface area contributed by atoms with Gasteiger partial charge in [0.2, 0.25) is 11.8 Å². The van der Waals surface area contributed by atoms with Gasteiger partial charge in [-0.05, 0) is 42.8 Å². The number of benzene rings is 3. The first-order valence-electron chi connectivity index (χ1n) is 9.84. The molecular weight excluding hydrogens is 376 g/mol. The van der Waals surface area contributed by atoms with E-state index in [1.807, 2.05) is 73.7 Å². The predicted octanol–water partition coefficient (Wildman–Crippen LogP) is 4.60. The van der Waals surface area contributed by atoms with Crippen LogP contribution in [0.3, 0.4) is 0 Å². The lowest BCUT2D eigenvalue weighted by Crippen LogP contribution is -2.30. The number of imidazole rings is 1. The topological polar surface area (TPSA) is 86.9 Å². The number of hydrogen-bond donors (Lipinski definition) is 3. The van der Waals surface area contributed by atoms with Crippen LogP contribution in [0.4, 0.5) is 11.4 Å². The van der Waals surface area contributed by atoms with Gasteiger partial charge in [0, 0.05) is 17.7 Å².